The van der Waals surface area contributed by atoms with Gasteiger partial charge in [-0.25, -0.2) is 0 Å². The van der Waals surface area contributed by atoms with Gasteiger partial charge in [-0.2, -0.15) is 0 Å². The Hall–Kier alpha value is -2.22. The summed E-state index contributed by atoms with van der Waals surface area (Å²) in [7, 11) is 3.76. The van der Waals surface area contributed by atoms with Crippen LogP contribution in [0.4, 0.5) is 0 Å². The number of amides is 2. The lowest BCUT2D eigenvalue weighted by Gasteiger charge is -2.31. The predicted molar refractivity (Wildman–Crippen MR) is 82.5 cm³/mol. The second-order valence-corrected chi connectivity index (χ2v) is 6.11. The van der Waals surface area contributed by atoms with Crippen LogP contribution in [-0.2, 0) is 28.7 Å². The van der Waals surface area contributed by atoms with Crippen molar-refractivity contribution in [3.63, 3.8) is 0 Å². The molecule has 0 saturated carbocycles. The van der Waals surface area contributed by atoms with Gasteiger partial charge in [0.1, 0.15) is 5.54 Å². The van der Waals surface area contributed by atoms with E-state index in [1.165, 1.54) is 21.3 Å². The minimum atomic E-state index is -1.63. The Bertz CT molecular complexity index is 628. The van der Waals surface area contributed by atoms with Gasteiger partial charge in [0.2, 0.25) is 11.8 Å². The Morgan fingerprint density at radius 3 is 2.38 bits per heavy atom. The molecule has 2 aliphatic heterocycles. The van der Waals surface area contributed by atoms with E-state index < -0.39 is 47.7 Å². The third-order valence-electron chi connectivity index (χ3n) is 5.02. The Kier molecular flexibility index (Phi) is 4.80. The van der Waals surface area contributed by atoms with Crippen LogP contribution in [0.5, 0.6) is 0 Å². The van der Waals surface area contributed by atoms with E-state index >= 15 is 0 Å². The average molecular weight is 338 g/mol. The molecular weight excluding hydrogens is 316 g/mol. The van der Waals surface area contributed by atoms with Crippen molar-refractivity contribution < 1.29 is 28.7 Å². The molecular formula is C16H22N2O6. The van der Waals surface area contributed by atoms with Crippen molar-refractivity contribution in [1.82, 2.24) is 10.2 Å². The van der Waals surface area contributed by atoms with Crippen LogP contribution in [-0.4, -0.2) is 61.5 Å². The first-order valence-corrected chi connectivity index (χ1v) is 7.62. The van der Waals surface area contributed by atoms with E-state index in [0.717, 1.165) is 10.5 Å². The van der Waals surface area contributed by atoms with Crippen LogP contribution in [0.1, 0.15) is 20.3 Å². The van der Waals surface area contributed by atoms with E-state index in [1.54, 1.807) is 19.9 Å². The molecule has 0 bridgehead atoms. The minimum absolute atomic E-state index is 0.376. The molecule has 0 unspecified atom stereocenters. The standard InChI is InChI=1S/C16H22N2O6/c1-6-8(2)12-10-11(14(21)18(3)13(10)20)16(17-12,15(22)24-5)7-9(19)23-4/h6,10-12,17H,7H2,1-5H3/b8-6+/t10-,11-,12-,16-/m1/s1. The third kappa shape index (κ3) is 2.41. The second-order valence-electron chi connectivity index (χ2n) is 6.11. The largest absolute Gasteiger partial charge is 0.469 e. The van der Waals surface area contributed by atoms with Gasteiger partial charge in [-0.1, -0.05) is 11.6 Å². The fraction of sp³-hybridized carbons (Fsp3) is 0.625. The van der Waals surface area contributed by atoms with Crippen molar-refractivity contribution in [2.24, 2.45) is 11.8 Å². The van der Waals surface area contributed by atoms with Crippen LogP contribution in [0.2, 0.25) is 0 Å². The van der Waals surface area contributed by atoms with E-state index in [1.807, 2.05) is 0 Å². The maximum Gasteiger partial charge on any atom is 0.327 e. The molecule has 2 aliphatic rings. The van der Waals surface area contributed by atoms with Gasteiger partial charge >= 0.3 is 11.9 Å². The number of hydrogen-bond acceptors (Lipinski definition) is 7. The quantitative estimate of drug-likeness (QED) is 0.424. The summed E-state index contributed by atoms with van der Waals surface area (Å²) in [4.78, 5) is 50.7. The highest BCUT2D eigenvalue weighted by Gasteiger charge is 2.68. The van der Waals surface area contributed by atoms with Gasteiger partial charge in [0.25, 0.3) is 0 Å². The number of nitrogens with one attached hydrogen (secondary N) is 1. The number of rotatable bonds is 4. The number of fused-ring (bicyclic) bond motifs is 1. The lowest BCUT2D eigenvalue weighted by Crippen LogP contribution is -2.58. The zero-order valence-corrected chi connectivity index (χ0v) is 14.4. The fourth-order valence-electron chi connectivity index (χ4n) is 3.62. The first kappa shape index (κ1) is 18.1. The highest BCUT2D eigenvalue weighted by molar-refractivity contribution is 6.10. The van der Waals surface area contributed by atoms with Crippen molar-refractivity contribution in [3.8, 4) is 0 Å². The van der Waals surface area contributed by atoms with E-state index in [4.69, 9.17) is 4.74 Å². The molecule has 4 atom stereocenters. The van der Waals surface area contributed by atoms with Crippen LogP contribution < -0.4 is 5.32 Å². The van der Waals surface area contributed by atoms with Crippen molar-refractivity contribution in [1.29, 1.82) is 0 Å². The smallest absolute Gasteiger partial charge is 0.327 e. The topological polar surface area (TPSA) is 102 Å². The number of methoxy groups -OCH3 is 2. The molecule has 0 spiro atoms. The van der Waals surface area contributed by atoms with Gasteiger partial charge in [0.15, 0.2) is 0 Å². The zero-order valence-electron chi connectivity index (χ0n) is 14.4. The van der Waals surface area contributed by atoms with Crippen LogP contribution in [0.3, 0.4) is 0 Å². The number of hydrogen-bond donors (Lipinski definition) is 1. The summed E-state index contributed by atoms with van der Waals surface area (Å²) < 4.78 is 9.54. The summed E-state index contributed by atoms with van der Waals surface area (Å²) in [5.74, 6) is -4.08. The number of likely N-dealkylation sites (tertiary alicyclic amines) is 1. The molecule has 132 valence electrons. The SMILES string of the molecule is C/C=C(\C)[C@H]1N[C@@](CC(=O)OC)(C(=O)OC)[C@H]2C(=O)N(C)C(=O)[C@@H]12. The monoisotopic (exact) mass is 338 g/mol. The summed E-state index contributed by atoms with van der Waals surface area (Å²) in [6, 6.07) is -0.537. The van der Waals surface area contributed by atoms with E-state index in [0.29, 0.717) is 0 Å². The summed E-state index contributed by atoms with van der Waals surface area (Å²) in [5.41, 5.74) is -0.823. The Labute approximate surface area is 140 Å². The molecule has 2 fully saturated rings. The number of ether oxygens (including phenoxy) is 2. The lowest BCUT2D eigenvalue weighted by atomic mass is 9.77. The summed E-state index contributed by atoms with van der Waals surface area (Å²) in [5, 5.41) is 3.04. The molecule has 0 aliphatic carbocycles. The normalized spacial score (nSPS) is 32.8. The second kappa shape index (κ2) is 6.35. The maximum absolute atomic E-state index is 12.6. The van der Waals surface area contributed by atoms with Crippen molar-refractivity contribution in [3.05, 3.63) is 11.6 Å². The molecule has 0 radical (unpaired) electrons. The zero-order chi connectivity index (χ0) is 18.2. The van der Waals surface area contributed by atoms with Crippen LogP contribution in [0.25, 0.3) is 0 Å². The summed E-state index contributed by atoms with van der Waals surface area (Å²) >= 11 is 0. The molecule has 2 amide bonds. The molecule has 2 heterocycles. The first-order chi connectivity index (χ1) is 11.2. The first-order valence-electron chi connectivity index (χ1n) is 7.62. The number of imide groups is 1. The van der Waals surface area contributed by atoms with Gasteiger partial charge in [-0.15, -0.1) is 0 Å². The number of allylic oxidation sites excluding steroid dienone is 1. The molecule has 24 heavy (non-hydrogen) atoms. The molecule has 2 saturated heterocycles. The average Bonchev–Trinajstić information content (AvgIpc) is 3.03. The fourth-order valence-corrected chi connectivity index (χ4v) is 3.62. The van der Waals surface area contributed by atoms with Crippen molar-refractivity contribution in [2.45, 2.75) is 31.8 Å². The van der Waals surface area contributed by atoms with Crippen LogP contribution in [0, 0.1) is 11.8 Å². The highest BCUT2D eigenvalue weighted by Crippen LogP contribution is 2.46. The Morgan fingerprint density at radius 2 is 1.88 bits per heavy atom. The molecule has 8 nitrogen and oxygen atoms in total. The molecule has 0 aromatic carbocycles. The summed E-state index contributed by atoms with van der Waals surface area (Å²) in [6.45, 7) is 3.60. The molecule has 0 aromatic heterocycles. The molecule has 1 N–H and O–H groups in total. The highest BCUT2D eigenvalue weighted by atomic mass is 16.5. The minimum Gasteiger partial charge on any atom is -0.469 e. The number of carbonyl (C=O) groups excluding carboxylic acids is 4. The predicted octanol–water partition coefficient (Wildman–Crippen LogP) is -0.370. The van der Waals surface area contributed by atoms with Gasteiger partial charge in [-0.05, 0) is 13.8 Å². The van der Waals surface area contributed by atoms with E-state index in [2.05, 4.69) is 10.1 Å². The molecule has 0 aromatic rings. The third-order valence-corrected chi connectivity index (χ3v) is 5.02. The van der Waals surface area contributed by atoms with E-state index in [9.17, 15) is 19.2 Å². The molecule has 2 rings (SSSR count). The Morgan fingerprint density at radius 1 is 1.25 bits per heavy atom. The van der Waals surface area contributed by atoms with Crippen LogP contribution >= 0.6 is 0 Å². The van der Waals surface area contributed by atoms with Crippen molar-refractivity contribution in [2.75, 3.05) is 21.3 Å². The molecule has 8 heteroatoms. The number of nitrogens with zero attached hydrogens (tertiary/aromatic N) is 1. The lowest BCUT2D eigenvalue weighted by molar-refractivity contribution is -0.159. The Balaban J connectivity index is 2.61. The van der Waals surface area contributed by atoms with Gasteiger partial charge in [0.05, 0.1) is 32.5 Å². The summed E-state index contributed by atoms with van der Waals surface area (Å²) in [6.07, 6.45) is 1.41. The number of esters is 2. The van der Waals surface area contributed by atoms with Crippen molar-refractivity contribution >= 4 is 23.8 Å². The van der Waals surface area contributed by atoms with Crippen LogP contribution in [0.15, 0.2) is 11.6 Å². The van der Waals surface area contributed by atoms with Gasteiger partial charge in [0, 0.05) is 13.1 Å². The maximum atomic E-state index is 12.6. The van der Waals surface area contributed by atoms with Gasteiger partial charge < -0.3 is 9.47 Å². The van der Waals surface area contributed by atoms with E-state index in [-0.39, 0.29) is 5.91 Å². The van der Waals surface area contributed by atoms with Gasteiger partial charge in [-0.3, -0.25) is 29.4 Å². The number of carbonyl (C=O) groups is 4.